The number of hydrogen-bond acceptors (Lipinski definition) is 6. The van der Waals surface area contributed by atoms with Gasteiger partial charge in [-0.25, -0.2) is 9.97 Å². The Kier molecular flexibility index (Phi) is 6.63. The van der Waals surface area contributed by atoms with Gasteiger partial charge >= 0.3 is 0 Å². The van der Waals surface area contributed by atoms with Crippen LogP contribution in [0, 0.1) is 0 Å². The first kappa shape index (κ1) is 20.1. The highest BCUT2D eigenvalue weighted by Gasteiger charge is 2.11. The average molecular weight is 392 g/mol. The lowest BCUT2D eigenvalue weighted by Gasteiger charge is -2.15. The van der Waals surface area contributed by atoms with Crippen molar-refractivity contribution in [3.63, 3.8) is 0 Å². The molecule has 7 heteroatoms. The third-order valence-corrected chi connectivity index (χ3v) is 3.84. The maximum Gasteiger partial charge on any atom is 0.274 e. The Hall–Kier alpha value is -3.61. The first-order chi connectivity index (χ1) is 14.0. The summed E-state index contributed by atoms with van der Waals surface area (Å²) >= 11 is 0. The molecule has 3 aromatic rings. The number of carbonyl (C=O) groups excluding carboxylic acids is 1. The summed E-state index contributed by atoms with van der Waals surface area (Å²) in [5.74, 6) is 1.63. The zero-order valence-electron chi connectivity index (χ0n) is 16.7. The minimum absolute atomic E-state index is 0.0406. The second kappa shape index (κ2) is 9.54. The van der Waals surface area contributed by atoms with Gasteiger partial charge in [0.1, 0.15) is 29.3 Å². The fourth-order valence-electron chi connectivity index (χ4n) is 2.61. The van der Waals surface area contributed by atoms with Gasteiger partial charge in [0, 0.05) is 11.8 Å². The van der Waals surface area contributed by atoms with Gasteiger partial charge < -0.3 is 20.1 Å². The Morgan fingerprint density at radius 1 is 1.07 bits per heavy atom. The van der Waals surface area contributed by atoms with Crippen molar-refractivity contribution < 1.29 is 14.3 Å². The van der Waals surface area contributed by atoms with Crippen molar-refractivity contribution in [2.45, 2.75) is 26.9 Å². The van der Waals surface area contributed by atoms with Gasteiger partial charge in [0.25, 0.3) is 5.91 Å². The lowest BCUT2D eigenvalue weighted by atomic mass is 10.2. The van der Waals surface area contributed by atoms with Crippen LogP contribution in [0.1, 0.15) is 31.3 Å². The van der Waals surface area contributed by atoms with E-state index in [1.54, 1.807) is 30.3 Å². The van der Waals surface area contributed by atoms with E-state index in [2.05, 4.69) is 20.6 Å². The van der Waals surface area contributed by atoms with E-state index < -0.39 is 0 Å². The fraction of sp³-hybridized carbons (Fsp3) is 0.227. The van der Waals surface area contributed by atoms with Gasteiger partial charge in [-0.05, 0) is 57.2 Å². The Morgan fingerprint density at radius 3 is 2.55 bits per heavy atom. The molecule has 7 nitrogen and oxygen atoms in total. The van der Waals surface area contributed by atoms with Crippen molar-refractivity contribution in [3.8, 4) is 11.5 Å². The van der Waals surface area contributed by atoms with Crippen LogP contribution >= 0.6 is 0 Å². The van der Waals surface area contributed by atoms with E-state index in [4.69, 9.17) is 9.47 Å². The molecule has 0 fully saturated rings. The molecule has 0 aliphatic rings. The van der Waals surface area contributed by atoms with Crippen molar-refractivity contribution in [3.05, 3.63) is 66.6 Å². The predicted octanol–water partition coefficient (Wildman–Crippen LogP) is 4.66. The predicted molar refractivity (Wildman–Crippen MR) is 113 cm³/mol. The van der Waals surface area contributed by atoms with Gasteiger partial charge in [0.15, 0.2) is 0 Å². The molecule has 0 aliphatic carbocycles. The number of hydrogen-bond donors (Lipinski definition) is 2. The van der Waals surface area contributed by atoms with Crippen molar-refractivity contribution in [2.24, 2.45) is 0 Å². The van der Waals surface area contributed by atoms with E-state index in [-0.39, 0.29) is 17.7 Å². The molecule has 0 atom stereocenters. The summed E-state index contributed by atoms with van der Waals surface area (Å²) in [4.78, 5) is 20.8. The number of ether oxygens (including phenoxy) is 2. The van der Waals surface area contributed by atoms with Crippen LogP contribution in [0.4, 0.5) is 17.2 Å². The molecule has 0 saturated heterocycles. The summed E-state index contributed by atoms with van der Waals surface area (Å²) < 4.78 is 11.2. The molecule has 29 heavy (non-hydrogen) atoms. The highest BCUT2D eigenvalue weighted by atomic mass is 16.5. The molecule has 1 aromatic heterocycles. The van der Waals surface area contributed by atoms with Crippen LogP contribution in [-0.4, -0.2) is 28.6 Å². The SMILES string of the molecule is CCOc1ccc(NC(=O)c2cc(Nc3ccccc3OC(C)C)ncn2)cc1. The van der Waals surface area contributed by atoms with Crippen molar-refractivity contribution in [1.82, 2.24) is 9.97 Å². The molecule has 0 saturated carbocycles. The van der Waals surface area contributed by atoms with E-state index in [1.807, 2.05) is 45.0 Å². The number of amides is 1. The van der Waals surface area contributed by atoms with E-state index in [1.165, 1.54) is 6.33 Å². The highest BCUT2D eigenvalue weighted by Crippen LogP contribution is 2.27. The Balaban J connectivity index is 1.71. The van der Waals surface area contributed by atoms with Gasteiger partial charge in [-0.15, -0.1) is 0 Å². The maximum absolute atomic E-state index is 12.6. The summed E-state index contributed by atoms with van der Waals surface area (Å²) in [5, 5.41) is 6.00. The second-order valence-electron chi connectivity index (χ2n) is 6.49. The molecule has 0 bridgehead atoms. The zero-order valence-corrected chi connectivity index (χ0v) is 16.7. The molecule has 2 N–H and O–H groups in total. The molecule has 3 rings (SSSR count). The van der Waals surface area contributed by atoms with E-state index in [9.17, 15) is 4.79 Å². The molecule has 0 spiro atoms. The third-order valence-electron chi connectivity index (χ3n) is 3.84. The van der Waals surface area contributed by atoms with Crippen molar-refractivity contribution in [1.29, 1.82) is 0 Å². The fourth-order valence-corrected chi connectivity index (χ4v) is 2.61. The second-order valence-corrected chi connectivity index (χ2v) is 6.49. The Labute approximate surface area is 170 Å². The van der Waals surface area contributed by atoms with Gasteiger partial charge in [0.2, 0.25) is 0 Å². The molecular weight excluding hydrogens is 368 g/mol. The highest BCUT2D eigenvalue weighted by molar-refractivity contribution is 6.03. The monoisotopic (exact) mass is 392 g/mol. The molecule has 0 aliphatic heterocycles. The summed E-state index contributed by atoms with van der Waals surface area (Å²) in [6.07, 6.45) is 1.39. The summed E-state index contributed by atoms with van der Waals surface area (Å²) in [5.41, 5.74) is 1.67. The molecular formula is C22H24N4O3. The minimum atomic E-state index is -0.327. The topological polar surface area (TPSA) is 85.4 Å². The molecule has 0 radical (unpaired) electrons. The van der Waals surface area contributed by atoms with Gasteiger partial charge in [-0.3, -0.25) is 4.79 Å². The summed E-state index contributed by atoms with van der Waals surface area (Å²) in [6, 6.07) is 16.3. The summed E-state index contributed by atoms with van der Waals surface area (Å²) in [6.45, 7) is 6.44. The van der Waals surface area contributed by atoms with Crippen LogP contribution in [-0.2, 0) is 0 Å². The van der Waals surface area contributed by atoms with Crippen molar-refractivity contribution in [2.75, 3.05) is 17.2 Å². The number of aromatic nitrogens is 2. The van der Waals surface area contributed by atoms with Gasteiger partial charge in [0.05, 0.1) is 18.4 Å². The van der Waals surface area contributed by atoms with E-state index >= 15 is 0 Å². The molecule has 0 unspecified atom stereocenters. The summed E-state index contributed by atoms with van der Waals surface area (Å²) in [7, 11) is 0. The standard InChI is InChI=1S/C22H24N4O3/c1-4-28-17-11-9-16(10-12-17)25-22(27)19-13-21(24-14-23-19)26-18-7-5-6-8-20(18)29-15(2)3/h5-15H,4H2,1-3H3,(H,25,27)(H,23,24,26). The maximum atomic E-state index is 12.6. The van der Waals surface area contributed by atoms with Crippen LogP contribution < -0.4 is 20.1 Å². The van der Waals surface area contributed by atoms with Crippen LogP contribution in [0.5, 0.6) is 11.5 Å². The van der Waals surface area contributed by atoms with Crippen LogP contribution in [0.15, 0.2) is 60.9 Å². The Bertz CT molecular complexity index is 958. The number of rotatable bonds is 8. The third kappa shape index (κ3) is 5.68. The molecule has 2 aromatic carbocycles. The van der Waals surface area contributed by atoms with Gasteiger partial charge in [-0.2, -0.15) is 0 Å². The molecule has 1 amide bonds. The van der Waals surface area contributed by atoms with E-state index in [0.717, 1.165) is 11.4 Å². The molecule has 150 valence electrons. The molecule has 1 heterocycles. The number of nitrogens with one attached hydrogen (secondary N) is 2. The lowest BCUT2D eigenvalue weighted by Crippen LogP contribution is -2.14. The van der Waals surface area contributed by atoms with Crippen LogP contribution in [0.25, 0.3) is 0 Å². The Morgan fingerprint density at radius 2 is 1.83 bits per heavy atom. The number of para-hydroxylation sites is 2. The number of benzene rings is 2. The number of nitrogens with zero attached hydrogens (tertiary/aromatic N) is 2. The zero-order chi connectivity index (χ0) is 20.6. The smallest absolute Gasteiger partial charge is 0.274 e. The first-order valence-electron chi connectivity index (χ1n) is 9.44. The van der Waals surface area contributed by atoms with Crippen molar-refractivity contribution >= 4 is 23.1 Å². The quantitative estimate of drug-likeness (QED) is 0.580. The first-order valence-corrected chi connectivity index (χ1v) is 9.44. The normalized spacial score (nSPS) is 10.5. The average Bonchev–Trinajstić information content (AvgIpc) is 2.71. The lowest BCUT2D eigenvalue weighted by molar-refractivity contribution is 0.102. The van der Waals surface area contributed by atoms with E-state index in [0.29, 0.717) is 23.9 Å². The van der Waals surface area contributed by atoms with Crippen LogP contribution in [0.2, 0.25) is 0 Å². The number of carbonyl (C=O) groups is 1. The number of anilines is 3. The van der Waals surface area contributed by atoms with Crippen LogP contribution in [0.3, 0.4) is 0 Å². The minimum Gasteiger partial charge on any atom is -0.494 e. The van der Waals surface area contributed by atoms with Gasteiger partial charge in [-0.1, -0.05) is 12.1 Å². The largest absolute Gasteiger partial charge is 0.494 e.